The summed E-state index contributed by atoms with van der Waals surface area (Å²) < 4.78 is 1.70. The minimum Gasteiger partial charge on any atom is -0.356 e. The Hall–Kier alpha value is -2.20. The van der Waals surface area contributed by atoms with Crippen LogP contribution in [0.4, 0.5) is 0 Å². The van der Waals surface area contributed by atoms with Gasteiger partial charge >= 0.3 is 0 Å². The summed E-state index contributed by atoms with van der Waals surface area (Å²) in [6.07, 6.45) is 4.60. The molecule has 0 radical (unpaired) electrons. The summed E-state index contributed by atoms with van der Waals surface area (Å²) in [5.74, 6) is 0.771. The van der Waals surface area contributed by atoms with Gasteiger partial charge in [0.1, 0.15) is 0 Å². The molecular formula is C21H26IN5OS. The topological polar surface area (TPSA) is 71.3 Å². The molecule has 6 nitrogen and oxygen atoms in total. The van der Waals surface area contributed by atoms with Crippen LogP contribution in [-0.2, 0) is 19.5 Å². The summed E-state index contributed by atoms with van der Waals surface area (Å²) in [6.45, 7) is 4.12. The van der Waals surface area contributed by atoms with Crippen LogP contribution < -0.4 is 16.2 Å². The molecule has 3 rings (SSSR count). The number of pyridine rings is 1. The second-order valence-corrected chi connectivity index (χ2v) is 7.77. The highest BCUT2D eigenvalue weighted by molar-refractivity contribution is 14.0. The highest BCUT2D eigenvalue weighted by atomic mass is 127. The van der Waals surface area contributed by atoms with Crippen molar-refractivity contribution in [1.29, 1.82) is 0 Å². The fraction of sp³-hybridized carbons (Fsp3) is 0.286. The Balaban J connectivity index is 0.00000300. The van der Waals surface area contributed by atoms with Crippen LogP contribution in [0, 0.1) is 6.92 Å². The smallest absolute Gasteiger partial charge is 0.250 e. The van der Waals surface area contributed by atoms with Crippen LogP contribution in [0.5, 0.6) is 0 Å². The van der Waals surface area contributed by atoms with Crippen molar-refractivity contribution >= 4 is 41.3 Å². The summed E-state index contributed by atoms with van der Waals surface area (Å²) in [4.78, 5) is 21.7. The summed E-state index contributed by atoms with van der Waals surface area (Å²) >= 11 is 1.73. The first-order valence-electron chi connectivity index (χ1n) is 9.23. The second-order valence-electron chi connectivity index (χ2n) is 6.45. The van der Waals surface area contributed by atoms with Crippen molar-refractivity contribution in [1.82, 2.24) is 20.2 Å². The first-order valence-corrected chi connectivity index (χ1v) is 10.0. The molecular weight excluding hydrogens is 497 g/mol. The molecule has 0 bridgehead atoms. The number of halogens is 1. The molecule has 0 spiro atoms. The SMILES string of the molecule is CN=C(NCCc1ncc(C)s1)NCc1ccc(Cn2ccccc2=O)cc1.I. The zero-order valence-electron chi connectivity index (χ0n) is 16.6. The van der Waals surface area contributed by atoms with Crippen molar-refractivity contribution in [3.05, 3.63) is 86.2 Å². The Kier molecular flexibility index (Phi) is 9.33. The lowest BCUT2D eigenvalue weighted by Crippen LogP contribution is -2.37. The molecule has 0 atom stereocenters. The van der Waals surface area contributed by atoms with Gasteiger partial charge in [0.15, 0.2) is 5.96 Å². The molecule has 0 amide bonds. The largest absolute Gasteiger partial charge is 0.356 e. The predicted molar refractivity (Wildman–Crippen MR) is 130 cm³/mol. The predicted octanol–water partition coefficient (Wildman–Crippen LogP) is 3.19. The summed E-state index contributed by atoms with van der Waals surface area (Å²) in [6, 6.07) is 13.5. The number of nitrogens with one attached hydrogen (secondary N) is 2. The fourth-order valence-electron chi connectivity index (χ4n) is 2.76. The molecule has 154 valence electrons. The van der Waals surface area contributed by atoms with Crippen molar-refractivity contribution in [3.63, 3.8) is 0 Å². The molecule has 0 fully saturated rings. The van der Waals surface area contributed by atoms with E-state index in [9.17, 15) is 4.79 Å². The summed E-state index contributed by atoms with van der Waals surface area (Å²) in [7, 11) is 1.77. The lowest BCUT2D eigenvalue weighted by molar-refractivity contribution is 0.757. The van der Waals surface area contributed by atoms with Crippen LogP contribution in [0.25, 0.3) is 0 Å². The Morgan fingerprint density at radius 2 is 1.90 bits per heavy atom. The molecule has 0 aliphatic rings. The van der Waals surface area contributed by atoms with Gasteiger partial charge in [-0.3, -0.25) is 9.79 Å². The molecule has 0 saturated carbocycles. The maximum Gasteiger partial charge on any atom is 0.250 e. The Labute approximate surface area is 192 Å². The van der Waals surface area contributed by atoms with Crippen LogP contribution in [0.1, 0.15) is 21.0 Å². The van der Waals surface area contributed by atoms with Gasteiger partial charge in [0, 0.05) is 49.9 Å². The highest BCUT2D eigenvalue weighted by Crippen LogP contribution is 2.11. The van der Waals surface area contributed by atoms with E-state index in [4.69, 9.17) is 0 Å². The first kappa shape index (κ1) is 23.1. The van der Waals surface area contributed by atoms with Gasteiger partial charge < -0.3 is 15.2 Å². The number of thiazole rings is 1. The third kappa shape index (κ3) is 7.28. The maximum atomic E-state index is 11.8. The van der Waals surface area contributed by atoms with E-state index < -0.39 is 0 Å². The van der Waals surface area contributed by atoms with Crippen LogP contribution in [0.15, 0.2) is 64.6 Å². The van der Waals surface area contributed by atoms with E-state index in [1.54, 1.807) is 41.3 Å². The minimum atomic E-state index is 0. The second kappa shape index (κ2) is 11.7. The standard InChI is InChI=1S/C21H25N5OS.HI/c1-16-13-24-19(28-16)10-11-23-21(22-2)25-14-17-6-8-18(9-7-17)15-26-12-4-3-5-20(26)27;/h3-9,12-13H,10-11,14-15H2,1-2H3,(H2,22,23,25);1H. The van der Waals surface area contributed by atoms with E-state index in [1.807, 2.05) is 12.3 Å². The third-order valence-electron chi connectivity index (χ3n) is 4.26. The monoisotopic (exact) mass is 523 g/mol. The van der Waals surface area contributed by atoms with Gasteiger partial charge in [0.25, 0.3) is 5.56 Å². The van der Waals surface area contributed by atoms with Crippen molar-refractivity contribution in [2.75, 3.05) is 13.6 Å². The van der Waals surface area contributed by atoms with E-state index >= 15 is 0 Å². The molecule has 0 aliphatic heterocycles. The van der Waals surface area contributed by atoms with E-state index in [-0.39, 0.29) is 29.5 Å². The number of hydrogen-bond donors (Lipinski definition) is 2. The quantitative estimate of drug-likeness (QED) is 0.284. The van der Waals surface area contributed by atoms with E-state index in [2.05, 4.69) is 51.8 Å². The van der Waals surface area contributed by atoms with Gasteiger partial charge in [0.2, 0.25) is 0 Å². The number of benzene rings is 1. The third-order valence-corrected chi connectivity index (χ3v) is 5.23. The number of hydrogen-bond acceptors (Lipinski definition) is 4. The van der Waals surface area contributed by atoms with Gasteiger partial charge in [-0.05, 0) is 24.1 Å². The van der Waals surface area contributed by atoms with E-state index in [1.165, 1.54) is 4.88 Å². The van der Waals surface area contributed by atoms with Crippen LogP contribution in [0.2, 0.25) is 0 Å². The molecule has 2 aromatic heterocycles. The molecule has 29 heavy (non-hydrogen) atoms. The molecule has 2 N–H and O–H groups in total. The number of aliphatic imine (C=N–C) groups is 1. The highest BCUT2D eigenvalue weighted by Gasteiger charge is 2.02. The average molecular weight is 523 g/mol. The lowest BCUT2D eigenvalue weighted by atomic mass is 10.1. The van der Waals surface area contributed by atoms with Gasteiger partial charge in [-0.15, -0.1) is 35.3 Å². The number of aromatic nitrogens is 2. The van der Waals surface area contributed by atoms with E-state index in [0.717, 1.165) is 35.1 Å². The van der Waals surface area contributed by atoms with Gasteiger partial charge in [0.05, 0.1) is 11.6 Å². The van der Waals surface area contributed by atoms with Crippen LogP contribution in [0.3, 0.4) is 0 Å². The zero-order chi connectivity index (χ0) is 19.8. The number of nitrogens with zero attached hydrogens (tertiary/aromatic N) is 3. The number of guanidine groups is 1. The van der Waals surface area contributed by atoms with Gasteiger partial charge in [-0.1, -0.05) is 30.3 Å². The van der Waals surface area contributed by atoms with Crippen molar-refractivity contribution in [2.24, 2.45) is 4.99 Å². The molecule has 1 aromatic carbocycles. The Bertz CT molecular complexity index is 981. The Morgan fingerprint density at radius 1 is 1.14 bits per heavy atom. The molecule has 8 heteroatoms. The number of rotatable bonds is 7. The van der Waals surface area contributed by atoms with Crippen molar-refractivity contribution in [2.45, 2.75) is 26.4 Å². The van der Waals surface area contributed by atoms with Crippen LogP contribution >= 0.6 is 35.3 Å². The van der Waals surface area contributed by atoms with Gasteiger partial charge in [-0.2, -0.15) is 0 Å². The average Bonchev–Trinajstić information content (AvgIpc) is 3.12. The Morgan fingerprint density at radius 3 is 2.55 bits per heavy atom. The van der Waals surface area contributed by atoms with Gasteiger partial charge in [-0.25, -0.2) is 4.98 Å². The van der Waals surface area contributed by atoms with E-state index in [0.29, 0.717) is 13.1 Å². The minimum absolute atomic E-state index is 0. The molecule has 3 aromatic rings. The normalized spacial score (nSPS) is 11.0. The first-order chi connectivity index (χ1) is 13.6. The van der Waals surface area contributed by atoms with Crippen molar-refractivity contribution < 1.29 is 0 Å². The zero-order valence-corrected chi connectivity index (χ0v) is 19.7. The molecule has 0 aliphatic carbocycles. The fourth-order valence-corrected chi connectivity index (χ4v) is 3.55. The molecule has 2 heterocycles. The van der Waals surface area contributed by atoms with Crippen LogP contribution in [-0.4, -0.2) is 29.1 Å². The molecule has 0 unspecified atom stereocenters. The summed E-state index contributed by atoms with van der Waals surface area (Å²) in [5, 5.41) is 7.77. The summed E-state index contributed by atoms with van der Waals surface area (Å²) in [5.41, 5.74) is 2.26. The van der Waals surface area contributed by atoms with Crippen molar-refractivity contribution in [3.8, 4) is 0 Å². The molecule has 0 saturated heterocycles. The number of aryl methyl sites for hydroxylation is 1. The lowest BCUT2D eigenvalue weighted by Gasteiger charge is -2.12. The maximum absolute atomic E-state index is 11.8.